The Hall–Kier alpha value is -2.41. The average Bonchev–Trinajstić information content (AvgIpc) is 2.99. The lowest BCUT2D eigenvalue weighted by Gasteiger charge is -2.42. The Labute approximate surface area is 198 Å². The lowest BCUT2D eigenvalue weighted by Crippen LogP contribution is -2.58. The molecule has 1 N–H and O–H groups in total. The molecule has 182 valence electrons. The molecule has 0 saturated carbocycles. The van der Waals surface area contributed by atoms with Crippen LogP contribution in [0.3, 0.4) is 0 Å². The van der Waals surface area contributed by atoms with Crippen molar-refractivity contribution < 1.29 is 14.4 Å². The maximum absolute atomic E-state index is 13.9. The molecule has 2 fully saturated rings. The number of imide groups is 1. The lowest BCUT2D eigenvalue weighted by atomic mass is 9.73. The largest absolute Gasteiger partial charge is 0.342 e. The van der Waals surface area contributed by atoms with E-state index in [1.54, 1.807) is 0 Å². The molecule has 4 amide bonds. The number of hydrogen-bond acceptors (Lipinski definition) is 4. The van der Waals surface area contributed by atoms with Crippen molar-refractivity contribution in [1.82, 2.24) is 20.0 Å². The summed E-state index contributed by atoms with van der Waals surface area (Å²) in [6.07, 6.45) is 2.62. The highest BCUT2D eigenvalue weighted by atomic mass is 16.2. The fourth-order valence-electron chi connectivity index (χ4n) is 5.09. The van der Waals surface area contributed by atoms with Gasteiger partial charge in [0.1, 0.15) is 5.54 Å². The predicted molar refractivity (Wildman–Crippen MR) is 130 cm³/mol. The first kappa shape index (κ1) is 25.2. The number of rotatable bonds is 7. The van der Waals surface area contributed by atoms with Gasteiger partial charge < -0.3 is 15.1 Å². The van der Waals surface area contributed by atoms with Gasteiger partial charge in [0.05, 0.1) is 0 Å². The Morgan fingerprint density at radius 3 is 2.36 bits per heavy atom. The molecule has 1 atom stereocenters. The van der Waals surface area contributed by atoms with E-state index in [-0.39, 0.29) is 23.8 Å². The number of urea groups is 1. The molecular weight excluding hydrogens is 416 g/mol. The van der Waals surface area contributed by atoms with Crippen molar-refractivity contribution in [1.29, 1.82) is 0 Å². The van der Waals surface area contributed by atoms with E-state index in [0.717, 1.165) is 24.1 Å². The molecule has 3 rings (SSSR count). The van der Waals surface area contributed by atoms with Crippen molar-refractivity contribution in [3.05, 3.63) is 35.4 Å². The standard InChI is InChI=1S/C26H40N4O3/c1-19-10-7-8-11-20(19)18-26(21-12-16-29(17-13-21)22(31)25(2,3)4)23(32)30(24(33)27-26)15-9-14-28(5)6/h7-8,10-11,21H,9,12-18H2,1-6H3,(H,27,33)/t26-/m0/s1. The quantitative estimate of drug-likeness (QED) is 0.640. The highest BCUT2D eigenvalue weighted by Gasteiger charge is 2.56. The average molecular weight is 457 g/mol. The van der Waals surface area contributed by atoms with Gasteiger partial charge >= 0.3 is 6.03 Å². The molecule has 7 nitrogen and oxygen atoms in total. The third-order valence-electron chi connectivity index (χ3n) is 7.04. The van der Waals surface area contributed by atoms with Crippen molar-refractivity contribution in [3.63, 3.8) is 0 Å². The molecule has 0 bridgehead atoms. The zero-order valence-electron chi connectivity index (χ0n) is 21.1. The van der Waals surface area contributed by atoms with Gasteiger partial charge in [0.25, 0.3) is 5.91 Å². The summed E-state index contributed by atoms with van der Waals surface area (Å²) in [4.78, 5) is 45.0. The monoisotopic (exact) mass is 456 g/mol. The van der Waals surface area contributed by atoms with Crippen molar-refractivity contribution in [3.8, 4) is 0 Å². The summed E-state index contributed by atoms with van der Waals surface area (Å²) in [7, 11) is 3.97. The van der Waals surface area contributed by atoms with E-state index in [9.17, 15) is 14.4 Å². The second-order valence-corrected chi connectivity index (χ2v) is 10.9. The minimum atomic E-state index is -0.960. The van der Waals surface area contributed by atoms with Crippen LogP contribution in [-0.4, -0.2) is 78.4 Å². The Morgan fingerprint density at radius 2 is 1.79 bits per heavy atom. The molecule has 33 heavy (non-hydrogen) atoms. The van der Waals surface area contributed by atoms with Gasteiger partial charge in [-0.25, -0.2) is 4.79 Å². The van der Waals surface area contributed by atoms with Gasteiger partial charge in [-0.15, -0.1) is 0 Å². The van der Waals surface area contributed by atoms with Crippen molar-refractivity contribution >= 4 is 17.8 Å². The van der Waals surface area contributed by atoms with Gasteiger partial charge in [-0.1, -0.05) is 45.0 Å². The number of piperidine rings is 1. The van der Waals surface area contributed by atoms with Crippen molar-refractivity contribution in [2.24, 2.45) is 11.3 Å². The molecule has 0 aliphatic carbocycles. The maximum atomic E-state index is 13.9. The summed E-state index contributed by atoms with van der Waals surface area (Å²) in [6, 6.07) is 7.77. The molecule has 2 heterocycles. The van der Waals surface area contributed by atoms with Crippen LogP contribution in [0.2, 0.25) is 0 Å². The minimum Gasteiger partial charge on any atom is -0.342 e. The number of nitrogens with one attached hydrogen (secondary N) is 1. The van der Waals surface area contributed by atoms with Crippen LogP contribution in [0.25, 0.3) is 0 Å². The maximum Gasteiger partial charge on any atom is 0.325 e. The Balaban J connectivity index is 1.85. The van der Waals surface area contributed by atoms with Crippen LogP contribution in [-0.2, 0) is 16.0 Å². The van der Waals surface area contributed by atoms with Crippen LogP contribution in [0.4, 0.5) is 4.79 Å². The Bertz CT molecular complexity index is 884. The first-order chi connectivity index (χ1) is 15.5. The molecule has 2 aliphatic heterocycles. The summed E-state index contributed by atoms with van der Waals surface area (Å²) in [6.45, 7) is 10.3. The topological polar surface area (TPSA) is 73.0 Å². The van der Waals surface area contributed by atoms with Gasteiger partial charge in [0, 0.05) is 31.5 Å². The van der Waals surface area contributed by atoms with Crippen LogP contribution < -0.4 is 5.32 Å². The van der Waals surface area contributed by atoms with Gasteiger partial charge in [0.15, 0.2) is 0 Å². The first-order valence-electron chi connectivity index (χ1n) is 12.1. The van der Waals surface area contributed by atoms with E-state index >= 15 is 0 Å². The zero-order valence-corrected chi connectivity index (χ0v) is 21.1. The number of nitrogens with zero attached hydrogens (tertiary/aromatic N) is 3. The molecule has 0 aromatic heterocycles. The minimum absolute atomic E-state index is 0.0172. The smallest absolute Gasteiger partial charge is 0.325 e. The van der Waals surface area contributed by atoms with Gasteiger partial charge in [-0.2, -0.15) is 0 Å². The second-order valence-electron chi connectivity index (χ2n) is 10.9. The predicted octanol–water partition coefficient (Wildman–Crippen LogP) is 3.06. The van der Waals surface area contributed by atoms with E-state index in [1.807, 2.05) is 71.0 Å². The summed E-state index contributed by atoms with van der Waals surface area (Å²) >= 11 is 0. The third kappa shape index (κ3) is 5.40. The number of likely N-dealkylation sites (tertiary alicyclic amines) is 1. The number of carbonyl (C=O) groups excluding carboxylic acids is 3. The van der Waals surface area contributed by atoms with Crippen LogP contribution in [0, 0.1) is 18.3 Å². The molecule has 1 aromatic rings. The van der Waals surface area contributed by atoms with Crippen LogP contribution in [0.1, 0.15) is 51.2 Å². The lowest BCUT2D eigenvalue weighted by molar-refractivity contribution is -0.142. The summed E-state index contributed by atoms with van der Waals surface area (Å²) in [5.41, 5.74) is 0.810. The second kappa shape index (κ2) is 9.84. The fraction of sp³-hybridized carbons (Fsp3) is 0.654. The number of aryl methyl sites for hydroxylation is 1. The van der Waals surface area contributed by atoms with Crippen LogP contribution in [0.5, 0.6) is 0 Å². The van der Waals surface area contributed by atoms with Crippen LogP contribution >= 0.6 is 0 Å². The molecule has 7 heteroatoms. The van der Waals surface area contributed by atoms with E-state index in [1.165, 1.54) is 4.90 Å². The van der Waals surface area contributed by atoms with E-state index in [4.69, 9.17) is 0 Å². The summed E-state index contributed by atoms with van der Waals surface area (Å²) < 4.78 is 0. The van der Waals surface area contributed by atoms with E-state index < -0.39 is 11.0 Å². The molecule has 0 unspecified atom stereocenters. The van der Waals surface area contributed by atoms with Gasteiger partial charge in [0.2, 0.25) is 5.91 Å². The Kier molecular flexibility index (Phi) is 7.52. The fourth-order valence-corrected chi connectivity index (χ4v) is 5.09. The molecule has 2 saturated heterocycles. The highest BCUT2D eigenvalue weighted by molar-refractivity contribution is 6.07. The van der Waals surface area contributed by atoms with Gasteiger partial charge in [-0.05, 0) is 63.9 Å². The number of hydrogen-bond donors (Lipinski definition) is 1. The van der Waals surface area contributed by atoms with Crippen molar-refractivity contribution in [2.75, 3.05) is 40.3 Å². The van der Waals surface area contributed by atoms with E-state index in [2.05, 4.69) is 10.2 Å². The number of carbonyl (C=O) groups is 3. The van der Waals surface area contributed by atoms with Gasteiger partial charge in [-0.3, -0.25) is 14.5 Å². The molecule has 2 aliphatic rings. The van der Waals surface area contributed by atoms with Crippen LogP contribution in [0.15, 0.2) is 24.3 Å². The highest BCUT2D eigenvalue weighted by Crippen LogP contribution is 2.37. The molecule has 1 aromatic carbocycles. The SMILES string of the molecule is Cc1ccccc1C[C@@]1(C2CCN(C(=O)C(C)(C)C)CC2)NC(=O)N(CCCN(C)C)C1=O. The third-order valence-corrected chi connectivity index (χ3v) is 7.04. The molecule has 0 radical (unpaired) electrons. The normalized spacial score (nSPS) is 22.3. The molecular formula is C26H40N4O3. The molecule has 0 spiro atoms. The van der Waals surface area contributed by atoms with E-state index in [0.29, 0.717) is 38.9 Å². The number of amides is 4. The number of benzene rings is 1. The first-order valence-corrected chi connectivity index (χ1v) is 12.1. The zero-order chi connectivity index (χ0) is 24.4. The Morgan fingerprint density at radius 1 is 1.15 bits per heavy atom. The van der Waals surface area contributed by atoms with Crippen molar-refractivity contribution in [2.45, 2.75) is 58.9 Å². The summed E-state index contributed by atoms with van der Waals surface area (Å²) in [5, 5.41) is 3.15. The summed E-state index contributed by atoms with van der Waals surface area (Å²) in [5.74, 6) is 0.00697.